The van der Waals surface area contributed by atoms with Crippen LogP contribution in [0.3, 0.4) is 0 Å². The number of hydrogen-bond acceptors (Lipinski definition) is 5. The van der Waals surface area contributed by atoms with Crippen molar-refractivity contribution in [2.24, 2.45) is 7.05 Å². The second-order valence-electron chi connectivity index (χ2n) is 7.95. The van der Waals surface area contributed by atoms with E-state index < -0.39 is 5.97 Å². The maximum Gasteiger partial charge on any atom is 0.344 e. The summed E-state index contributed by atoms with van der Waals surface area (Å²) in [6.45, 7) is 1.76. The van der Waals surface area contributed by atoms with Gasteiger partial charge in [0, 0.05) is 39.7 Å². The van der Waals surface area contributed by atoms with Gasteiger partial charge in [-0.15, -0.1) is 0 Å². The lowest BCUT2D eigenvalue weighted by Gasteiger charge is -2.10. The van der Waals surface area contributed by atoms with Gasteiger partial charge in [0.25, 0.3) is 0 Å². The van der Waals surface area contributed by atoms with Crippen molar-refractivity contribution in [3.8, 4) is 17.2 Å². The maximum atomic E-state index is 13.1. The Hall–Kier alpha value is -3.84. The highest BCUT2D eigenvalue weighted by Crippen LogP contribution is 2.40. The van der Waals surface area contributed by atoms with Gasteiger partial charge in [-0.3, -0.25) is 4.79 Å². The van der Waals surface area contributed by atoms with E-state index in [1.165, 1.54) is 0 Å². The van der Waals surface area contributed by atoms with Crippen molar-refractivity contribution in [1.29, 1.82) is 0 Å². The van der Waals surface area contributed by atoms with Crippen molar-refractivity contribution >= 4 is 44.7 Å². The van der Waals surface area contributed by atoms with Crippen molar-refractivity contribution < 1.29 is 23.8 Å². The number of methoxy groups -OCH3 is 1. The molecular formula is C27H20BrNO5. The largest absolute Gasteiger partial charge is 0.497 e. The van der Waals surface area contributed by atoms with E-state index in [-0.39, 0.29) is 11.5 Å². The monoisotopic (exact) mass is 517 g/mol. The number of benzene rings is 3. The van der Waals surface area contributed by atoms with Crippen LogP contribution in [0.4, 0.5) is 0 Å². The number of carbonyl (C=O) groups is 2. The maximum absolute atomic E-state index is 13.1. The lowest BCUT2D eigenvalue weighted by Crippen LogP contribution is -2.10. The van der Waals surface area contributed by atoms with E-state index in [0.717, 1.165) is 22.2 Å². The molecule has 0 saturated heterocycles. The van der Waals surface area contributed by atoms with Crippen LogP contribution < -0.4 is 14.2 Å². The van der Waals surface area contributed by atoms with Crippen molar-refractivity contribution in [3.63, 3.8) is 0 Å². The Bertz CT molecular complexity index is 1520. The van der Waals surface area contributed by atoms with Crippen molar-refractivity contribution in [2.45, 2.75) is 6.92 Å². The van der Waals surface area contributed by atoms with Gasteiger partial charge in [0.1, 0.15) is 17.2 Å². The Morgan fingerprint density at radius 2 is 1.91 bits per heavy atom. The van der Waals surface area contributed by atoms with Gasteiger partial charge >= 0.3 is 5.97 Å². The van der Waals surface area contributed by atoms with E-state index in [4.69, 9.17) is 14.2 Å². The molecule has 4 aromatic rings. The molecule has 0 saturated carbocycles. The quantitative estimate of drug-likeness (QED) is 0.186. The molecule has 0 radical (unpaired) electrons. The fraction of sp³-hybridized carbons (Fsp3) is 0.111. The van der Waals surface area contributed by atoms with E-state index >= 15 is 0 Å². The molecule has 0 spiro atoms. The highest BCUT2D eigenvalue weighted by Gasteiger charge is 2.31. The van der Waals surface area contributed by atoms with Gasteiger partial charge in [0.05, 0.1) is 18.2 Å². The minimum Gasteiger partial charge on any atom is -0.497 e. The van der Waals surface area contributed by atoms with Gasteiger partial charge in [-0.1, -0.05) is 12.1 Å². The Morgan fingerprint density at radius 3 is 2.68 bits per heavy atom. The van der Waals surface area contributed by atoms with Crippen LogP contribution in [-0.4, -0.2) is 23.4 Å². The van der Waals surface area contributed by atoms with Crippen LogP contribution in [0, 0.1) is 6.92 Å². The molecule has 5 rings (SSSR count). The molecule has 0 aliphatic carbocycles. The summed E-state index contributed by atoms with van der Waals surface area (Å²) in [5.74, 6) is 0.951. The molecule has 170 valence electrons. The van der Waals surface area contributed by atoms with Crippen molar-refractivity contribution in [3.05, 3.63) is 93.3 Å². The molecule has 0 amide bonds. The van der Waals surface area contributed by atoms with Crippen LogP contribution in [0.2, 0.25) is 0 Å². The number of halogens is 1. The minimum absolute atomic E-state index is 0.211. The lowest BCUT2D eigenvalue weighted by molar-refractivity contribution is 0.0732. The molecule has 34 heavy (non-hydrogen) atoms. The van der Waals surface area contributed by atoms with Crippen molar-refractivity contribution in [2.75, 3.05) is 7.11 Å². The highest BCUT2D eigenvalue weighted by molar-refractivity contribution is 9.10. The number of esters is 1. The molecule has 1 aliphatic heterocycles. The van der Waals surface area contributed by atoms with Crippen LogP contribution in [-0.2, 0) is 7.05 Å². The standard InChI is InChI=1S/C27H20BrNO5/c1-15-23(34-27(31)18-6-4-5-7-21(18)28)11-9-19-25(30)24(33-26(15)19)12-16-14-29(2)22-10-8-17(32-3)13-20(16)22/h4-14H,1-3H3/b24-12-. The average molecular weight is 518 g/mol. The normalized spacial score (nSPS) is 13.8. The second-order valence-corrected chi connectivity index (χ2v) is 8.81. The second kappa shape index (κ2) is 8.50. The fourth-order valence-corrected chi connectivity index (χ4v) is 4.49. The smallest absolute Gasteiger partial charge is 0.344 e. The summed E-state index contributed by atoms with van der Waals surface area (Å²) in [6.07, 6.45) is 3.67. The number of aromatic nitrogens is 1. The zero-order chi connectivity index (χ0) is 24.0. The number of rotatable bonds is 4. The minimum atomic E-state index is -0.500. The molecule has 0 unspecified atom stereocenters. The van der Waals surface area contributed by atoms with Crippen LogP contribution in [0.1, 0.15) is 31.8 Å². The lowest BCUT2D eigenvalue weighted by atomic mass is 10.1. The molecule has 6 nitrogen and oxygen atoms in total. The van der Waals surface area contributed by atoms with Crippen LogP contribution >= 0.6 is 15.9 Å². The molecule has 3 aromatic carbocycles. The number of Topliss-reactive ketones (excluding diaryl/α,β-unsaturated/α-hetero) is 1. The first-order chi connectivity index (χ1) is 16.4. The summed E-state index contributed by atoms with van der Waals surface area (Å²) in [5.41, 5.74) is 3.27. The number of carbonyl (C=O) groups excluding carboxylic acids is 2. The molecule has 0 bridgehead atoms. The molecule has 1 aromatic heterocycles. The number of ether oxygens (including phenoxy) is 3. The predicted octanol–water partition coefficient (Wildman–Crippen LogP) is 6.09. The highest BCUT2D eigenvalue weighted by atomic mass is 79.9. The van der Waals surface area contributed by atoms with E-state index in [9.17, 15) is 9.59 Å². The number of hydrogen-bond donors (Lipinski definition) is 0. The molecule has 2 heterocycles. The zero-order valence-corrected chi connectivity index (χ0v) is 20.3. The summed E-state index contributed by atoms with van der Waals surface area (Å²) in [4.78, 5) is 25.7. The van der Waals surface area contributed by atoms with E-state index in [1.54, 1.807) is 50.4 Å². The number of nitrogens with zero attached hydrogens (tertiary/aromatic N) is 1. The zero-order valence-electron chi connectivity index (χ0n) is 18.7. The predicted molar refractivity (Wildman–Crippen MR) is 133 cm³/mol. The number of ketones is 1. The summed E-state index contributed by atoms with van der Waals surface area (Å²) >= 11 is 3.37. The molecule has 1 aliphatic rings. The van der Waals surface area contributed by atoms with Gasteiger partial charge in [-0.2, -0.15) is 0 Å². The van der Waals surface area contributed by atoms with Gasteiger partial charge < -0.3 is 18.8 Å². The SMILES string of the molecule is COc1ccc2c(c1)c(/C=C1\Oc3c(ccc(OC(=O)c4ccccc4Br)c3C)C1=O)cn2C. The Kier molecular flexibility index (Phi) is 5.49. The third-order valence-electron chi connectivity index (χ3n) is 5.85. The van der Waals surface area contributed by atoms with Crippen LogP contribution in [0.25, 0.3) is 17.0 Å². The molecule has 7 heteroatoms. The molecule has 0 N–H and O–H groups in total. The summed E-state index contributed by atoms with van der Waals surface area (Å²) in [6, 6.07) is 16.1. The van der Waals surface area contributed by atoms with Gasteiger partial charge in [-0.05, 0) is 71.4 Å². The molecule has 0 atom stereocenters. The van der Waals surface area contributed by atoms with E-state index in [1.807, 2.05) is 42.1 Å². The summed E-state index contributed by atoms with van der Waals surface area (Å²) in [5, 5.41) is 0.946. The van der Waals surface area contributed by atoms with Crippen molar-refractivity contribution in [1.82, 2.24) is 4.57 Å². The Morgan fingerprint density at radius 1 is 1.12 bits per heavy atom. The van der Waals surface area contributed by atoms with E-state index in [0.29, 0.717) is 32.7 Å². The first-order valence-corrected chi connectivity index (χ1v) is 11.3. The Balaban J connectivity index is 1.48. The summed E-state index contributed by atoms with van der Waals surface area (Å²) in [7, 11) is 3.56. The van der Waals surface area contributed by atoms with Gasteiger partial charge in [0.2, 0.25) is 5.78 Å². The van der Waals surface area contributed by atoms with E-state index in [2.05, 4.69) is 15.9 Å². The third kappa shape index (κ3) is 3.68. The third-order valence-corrected chi connectivity index (χ3v) is 6.54. The van der Waals surface area contributed by atoms with Crippen LogP contribution in [0.15, 0.2) is 71.0 Å². The topological polar surface area (TPSA) is 66.8 Å². The average Bonchev–Trinajstić information content (AvgIpc) is 3.32. The number of fused-ring (bicyclic) bond motifs is 2. The number of allylic oxidation sites excluding steroid dienone is 1. The molecular weight excluding hydrogens is 498 g/mol. The first-order valence-electron chi connectivity index (χ1n) is 10.5. The molecule has 0 fully saturated rings. The van der Waals surface area contributed by atoms with Crippen LogP contribution in [0.5, 0.6) is 17.2 Å². The fourth-order valence-electron chi connectivity index (χ4n) is 4.05. The first kappa shape index (κ1) is 22.0. The summed E-state index contributed by atoms with van der Waals surface area (Å²) < 4.78 is 19.6. The number of aryl methyl sites for hydroxylation is 1. The Labute approximate surface area is 204 Å². The van der Waals surface area contributed by atoms with Gasteiger partial charge in [0.15, 0.2) is 5.76 Å². The van der Waals surface area contributed by atoms with Gasteiger partial charge in [-0.25, -0.2) is 4.79 Å².